The molecule has 0 unspecified atom stereocenters. The molecule has 120 valence electrons. The first-order valence-electron chi connectivity index (χ1n) is 7.02. The number of nitrogens with zero attached hydrogens (tertiary/aromatic N) is 5. The highest BCUT2D eigenvalue weighted by Gasteiger charge is 2.31. The first-order valence-corrected chi connectivity index (χ1v) is 10.1. The van der Waals surface area contributed by atoms with Crippen LogP contribution in [0.15, 0.2) is 34.7 Å². The summed E-state index contributed by atoms with van der Waals surface area (Å²) in [5, 5.41) is 2.86. The Balaban J connectivity index is 1.59. The van der Waals surface area contributed by atoms with Crippen LogP contribution in [0, 0.1) is 0 Å². The number of hydrogen-bond donors (Lipinski definition) is 0. The Labute approximate surface area is 141 Å². The van der Waals surface area contributed by atoms with E-state index in [1.807, 2.05) is 5.38 Å². The second-order valence-corrected chi connectivity index (χ2v) is 8.40. The summed E-state index contributed by atoms with van der Waals surface area (Å²) in [5.41, 5.74) is 1.08. The van der Waals surface area contributed by atoms with Gasteiger partial charge in [0.05, 0.1) is 11.7 Å². The highest BCUT2D eigenvalue weighted by Crippen LogP contribution is 2.26. The van der Waals surface area contributed by atoms with Gasteiger partial charge in [0.1, 0.15) is 15.9 Å². The lowest BCUT2D eigenvalue weighted by Gasteiger charge is -2.33. The molecule has 0 amide bonds. The quantitative estimate of drug-likeness (QED) is 0.700. The van der Waals surface area contributed by atoms with Gasteiger partial charge < -0.3 is 4.90 Å². The number of sulfonamides is 1. The number of aromatic nitrogens is 3. The van der Waals surface area contributed by atoms with Gasteiger partial charge in [0.15, 0.2) is 5.13 Å². The third-order valence-corrected chi connectivity index (χ3v) is 7.10. The van der Waals surface area contributed by atoms with Gasteiger partial charge in [0.25, 0.3) is 0 Å². The number of hydrogen-bond acceptors (Lipinski definition) is 8. The van der Waals surface area contributed by atoms with Crippen molar-refractivity contribution in [1.82, 2.24) is 18.0 Å². The van der Waals surface area contributed by atoms with Crippen LogP contribution in [0.1, 0.15) is 0 Å². The minimum Gasteiger partial charge on any atom is -0.345 e. The van der Waals surface area contributed by atoms with Crippen molar-refractivity contribution in [2.24, 2.45) is 0 Å². The fourth-order valence-electron chi connectivity index (χ4n) is 2.62. The summed E-state index contributed by atoms with van der Waals surface area (Å²) in [6, 6.07) is 5.09. The molecule has 0 N–H and O–H groups in total. The van der Waals surface area contributed by atoms with E-state index in [1.54, 1.807) is 35.7 Å². The van der Waals surface area contributed by atoms with Crippen LogP contribution >= 0.6 is 23.1 Å². The van der Waals surface area contributed by atoms with Gasteiger partial charge in [0.2, 0.25) is 10.0 Å². The Kier molecular flexibility index (Phi) is 3.76. The van der Waals surface area contributed by atoms with Crippen molar-refractivity contribution in [3.63, 3.8) is 0 Å². The van der Waals surface area contributed by atoms with Crippen LogP contribution in [0.2, 0.25) is 0 Å². The summed E-state index contributed by atoms with van der Waals surface area (Å²) in [5.74, 6) is 0. The van der Waals surface area contributed by atoms with Crippen molar-refractivity contribution in [3.8, 4) is 0 Å². The van der Waals surface area contributed by atoms with E-state index in [1.165, 1.54) is 4.31 Å². The minimum atomic E-state index is -3.56. The Bertz CT molecular complexity index is 914. The van der Waals surface area contributed by atoms with Crippen LogP contribution in [0.5, 0.6) is 0 Å². The molecule has 1 aliphatic rings. The Morgan fingerprint density at radius 3 is 2.65 bits per heavy atom. The van der Waals surface area contributed by atoms with Crippen LogP contribution < -0.4 is 4.90 Å². The zero-order valence-electron chi connectivity index (χ0n) is 12.0. The van der Waals surface area contributed by atoms with Crippen molar-refractivity contribution in [2.45, 2.75) is 4.90 Å². The Hall–Kier alpha value is -1.62. The maximum Gasteiger partial charge on any atom is 0.245 e. The third-order valence-electron chi connectivity index (χ3n) is 3.80. The molecule has 7 nitrogen and oxygen atoms in total. The predicted octanol–water partition coefficient (Wildman–Crippen LogP) is 1.66. The number of thiazole rings is 1. The molecule has 0 saturated carbocycles. The van der Waals surface area contributed by atoms with E-state index >= 15 is 0 Å². The molecule has 1 fully saturated rings. The second-order valence-electron chi connectivity index (χ2n) is 5.09. The third kappa shape index (κ3) is 2.61. The first-order chi connectivity index (χ1) is 11.2. The summed E-state index contributed by atoms with van der Waals surface area (Å²) >= 11 is 2.60. The molecular weight excluding hydrogens is 354 g/mol. The van der Waals surface area contributed by atoms with Gasteiger partial charge in [0, 0.05) is 37.8 Å². The van der Waals surface area contributed by atoms with Gasteiger partial charge in [-0.05, 0) is 12.1 Å². The number of benzene rings is 1. The molecule has 1 aliphatic heterocycles. The molecule has 0 spiro atoms. The number of anilines is 1. The fraction of sp³-hybridized carbons (Fsp3) is 0.308. The lowest BCUT2D eigenvalue weighted by Crippen LogP contribution is -2.48. The zero-order valence-corrected chi connectivity index (χ0v) is 14.4. The summed E-state index contributed by atoms with van der Waals surface area (Å²) < 4.78 is 35.6. The smallest absolute Gasteiger partial charge is 0.245 e. The van der Waals surface area contributed by atoms with E-state index in [-0.39, 0.29) is 4.90 Å². The van der Waals surface area contributed by atoms with Crippen LogP contribution in [0.25, 0.3) is 11.0 Å². The molecule has 10 heteroatoms. The lowest BCUT2D eigenvalue weighted by molar-refractivity contribution is 0.385. The average molecular weight is 367 g/mol. The van der Waals surface area contributed by atoms with Crippen molar-refractivity contribution >= 4 is 49.3 Å². The van der Waals surface area contributed by atoms with E-state index in [0.717, 1.165) is 16.9 Å². The summed E-state index contributed by atoms with van der Waals surface area (Å²) in [6.07, 6.45) is 1.76. The molecule has 0 bridgehead atoms. The van der Waals surface area contributed by atoms with E-state index < -0.39 is 10.0 Å². The van der Waals surface area contributed by atoms with Gasteiger partial charge >= 0.3 is 0 Å². The standard InChI is InChI=1S/C13H13N5O2S3/c19-23(20,11-3-1-2-10-12(11)16-22-15-10)18-7-5-17(6-8-18)13-14-4-9-21-13/h1-4,9H,5-8H2. The highest BCUT2D eigenvalue weighted by atomic mass is 32.2. The monoisotopic (exact) mass is 367 g/mol. The largest absolute Gasteiger partial charge is 0.345 e. The van der Waals surface area contributed by atoms with Crippen LogP contribution in [0.4, 0.5) is 5.13 Å². The molecule has 0 aliphatic carbocycles. The lowest BCUT2D eigenvalue weighted by atomic mass is 10.3. The first kappa shape index (κ1) is 14.9. The molecule has 3 aromatic rings. The average Bonchev–Trinajstić information content (AvgIpc) is 3.26. The molecule has 0 radical (unpaired) electrons. The van der Waals surface area contributed by atoms with Crippen LogP contribution in [-0.2, 0) is 10.0 Å². The minimum absolute atomic E-state index is 0.242. The summed E-state index contributed by atoms with van der Waals surface area (Å²) in [7, 11) is -3.56. The van der Waals surface area contributed by atoms with E-state index in [4.69, 9.17) is 0 Å². The Morgan fingerprint density at radius 2 is 1.91 bits per heavy atom. The molecule has 1 saturated heterocycles. The van der Waals surface area contributed by atoms with Crippen molar-refractivity contribution < 1.29 is 8.42 Å². The van der Waals surface area contributed by atoms with Crippen molar-refractivity contribution in [1.29, 1.82) is 0 Å². The molecule has 0 atom stereocenters. The van der Waals surface area contributed by atoms with Gasteiger partial charge in [-0.1, -0.05) is 6.07 Å². The highest BCUT2D eigenvalue weighted by molar-refractivity contribution is 7.89. The van der Waals surface area contributed by atoms with Gasteiger partial charge in [-0.3, -0.25) is 0 Å². The number of rotatable bonds is 3. The molecule has 4 rings (SSSR count). The maximum absolute atomic E-state index is 12.9. The molecule has 23 heavy (non-hydrogen) atoms. The second kappa shape index (κ2) is 5.78. The molecule has 1 aromatic carbocycles. The summed E-state index contributed by atoms with van der Waals surface area (Å²) in [6.45, 7) is 2.15. The number of piperazine rings is 1. The summed E-state index contributed by atoms with van der Waals surface area (Å²) in [4.78, 5) is 6.63. The zero-order chi connectivity index (χ0) is 15.9. The SMILES string of the molecule is O=S(=O)(c1cccc2nsnc12)N1CCN(c2nccs2)CC1. The van der Waals surface area contributed by atoms with Gasteiger partial charge in [-0.15, -0.1) is 11.3 Å². The van der Waals surface area contributed by atoms with Crippen LogP contribution in [-0.4, -0.2) is 52.6 Å². The van der Waals surface area contributed by atoms with Gasteiger partial charge in [-0.25, -0.2) is 13.4 Å². The van der Waals surface area contributed by atoms with E-state index in [2.05, 4.69) is 18.6 Å². The van der Waals surface area contributed by atoms with Crippen molar-refractivity contribution in [3.05, 3.63) is 29.8 Å². The molecule has 2 aromatic heterocycles. The van der Waals surface area contributed by atoms with Crippen molar-refractivity contribution in [2.75, 3.05) is 31.1 Å². The van der Waals surface area contributed by atoms with Gasteiger partial charge in [-0.2, -0.15) is 13.1 Å². The predicted molar refractivity (Wildman–Crippen MR) is 90.5 cm³/mol. The van der Waals surface area contributed by atoms with Crippen LogP contribution in [0.3, 0.4) is 0 Å². The normalized spacial score (nSPS) is 17.0. The van der Waals surface area contributed by atoms with E-state index in [0.29, 0.717) is 37.2 Å². The number of fused-ring (bicyclic) bond motifs is 1. The molecule has 3 heterocycles. The fourth-order valence-corrected chi connectivity index (χ4v) is 5.49. The molecular formula is C13H13N5O2S3. The maximum atomic E-state index is 12.9. The topological polar surface area (TPSA) is 79.3 Å². The Morgan fingerprint density at radius 1 is 1.09 bits per heavy atom. The van der Waals surface area contributed by atoms with E-state index in [9.17, 15) is 8.42 Å².